The predicted molar refractivity (Wildman–Crippen MR) is 217 cm³/mol. The molecule has 342 valence electrons. The summed E-state index contributed by atoms with van der Waals surface area (Å²) in [5, 5.41) is 37.5. The fraction of sp³-hybridized carbons (Fsp3) is 0.825. The summed E-state index contributed by atoms with van der Waals surface area (Å²) >= 11 is 0. The summed E-state index contributed by atoms with van der Waals surface area (Å²) in [6.45, 7) is 1.93. The number of rotatable bonds is 43. The van der Waals surface area contributed by atoms with Crippen molar-refractivity contribution in [1.82, 2.24) is 21.3 Å². The van der Waals surface area contributed by atoms with E-state index in [9.17, 15) is 38.7 Å². The van der Waals surface area contributed by atoms with Crippen molar-refractivity contribution in [3.8, 4) is 0 Å². The van der Waals surface area contributed by atoms with Crippen LogP contribution in [0.15, 0.2) is 0 Å². The first-order valence-corrected chi connectivity index (χ1v) is 21.3. The van der Waals surface area contributed by atoms with Gasteiger partial charge in [0.25, 0.3) is 0 Å². The monoisotopic (exact) mass is 848 g/mol. The molecular weight excluding hydrogens is 774 g/mol. The maximum Gasteiger partial charge on any atom is 0.326 e. The van der Waals surface area contributed by atoms with E-state index >= 15 is 0 Å². The molecule has 0 aliphatic heterocycles. The largest absolute Gasteiger partial charge is 0.481 e. The SMILES string of the molecule is N[C@@H](CCCCNC(=O)COCCOCCNC(=O)COCCOCCNC(=O)CCC[C@H](NC(=O)CCCCCCCCCCCCCCC(=O)O)C(=O)O)C(=O)O. The quantitative estimate of drug-likeness (QED) is 0.0409. The number of carboxylic acid groups (broad SMARTS) is 3. The Labute approximate surface area is 348 Å². The van der Waals surface area contributed by atoms with Crippen molar-refractivity contribution in [2.45, 2.75) is 141 Å². The highest BCUT2D eigenvalue weighted by Gasteiger charge is 2.20. The molecule has 59 heavy (non-hydrogen) atoms. The van der Waals surface area contributed by atoms with Crippen LogP contribution in [0.2, 0.25) is 0 Å². The van der Waals surface area contributed by atoms with Crippen LogP contribution in [0.1, 0.15) is 128 Å². The lowest BCUT2D eigenvalue weighted by molar-refractivity contribution is -0.142. The molecule has 0 aromatic rings. The summed E-state index contributed by atoms with van der Waals surface area (Å²) in [4.78, 5) is 80.8. The Bertz CT molecular complexity index is 1160. The standard InChI is InChI=1S/C40H73N5O14/c41-32(39(52)53)16-13-14-21-42-36(48)30-58-28-27-57-25-23-44-37(49)31-59-29-26-56-24-22-43-34(46)19-15-17-33(40(54)55)45-35(47)18-11-9-7-5-3-1-2-4-6-8-10-12-20-38(50)51/h32-33H,1-31,41H2,(H,42,48)(H,43,46)(H,44,49)(H,45,47)(H,50,51)(H,52,53)(H,54,55)/t32-,33-/m0/s1. The van der Waals surface area contributed by atoms with Crippen LogP contribution in [0.25, 0.3) is 0 Å². The average molecular weight is 848 g/mol. The van der Waals surface area contributed by atoms with Crippen molar-refractivity contribution in [3.63, 3.8) is 0 Å². The second kappa shape index (κ2) is 39.5. The zero-order chi connectivity index (χ0) is 43.8. The Balaban J connectivity index is 3.64. The van der Waals surface area contributed by atoms with Gasteiger partial charge in [-0.15, -0.1) is 0 Å². The third kappa shape index (κ3) is 39.3. The fourth-order valence-electron chi connectivity index (χ4n) is 5.65. The average Bonchev–Trinajstić information content (AvgIpc) is 3.19. The zero-order valence-electron chi connectivity index (χ0n) is 35.0. The van der Waals surface area contributed by atoms with E-state index in [1.807, 2.05) is 0 Å². The molecular formula is C40H73N5O14. The number of carbonyl (C=O) groups is 7. The van der Waals surface area contributed by atoms with Crippen molar-refractivity contribution in [3.05, 3.63) is 0 Å². The second-order valence-electron chi connectivity index (χ2n) is 14.3. The first-order valence-electron chi connectivity index (χ1n) is 21.3. The van der Waals surface area contributed by atoms with Gasteiger partial charge in [-0.05, 0) is 44.9 Å². The third-order valence-corrected chi connectivity index (χ3v) is 9.00. The number of nitrogens with two attached hydrogens (primary N) is 1. The van der Waals surface area contributed by atoms with Crippen molar-refractivity contribution in [2.24, 2.45) is 5.73 Å². The van der Waals surface area contributed by atoms with Crippen molar-refractivity contribution < 1.29 is 67.8 Å². The summed E-state index contributed by atoms with van der Waals surface area (Å²) < 4.78 is 21.2. The van der Waals surface area contributed by atoms with Crippen LogP contribution in [0.5, 0.6) is 0 Å². The summed E-state index contributed by atoms with van der Waals surface area (Å²) in [7, 11) is 0. The molecule has 0 radical (unpaired) electrons. The number of carboxylic acids is 3. The lowest BCUT2D eigenvalue weighted by atomic mass is 10.0. The summed E-state index contributed by atoms with van der Waals surface area (Å²) in [6.07, 6.45) is 15.0. The Morgan fingerprint density at radius 2 is 0.864 bits per heavy atom. The van der Waals surface area contributed by atoms with Crippen molar-refractivity contribution in [1.29, 1.82) is 0 Å². The number of unbranched alkanes of at least 4 members (excludes halogenated alkanes) is 12. The Morgan fingerprint density at radius 3 is 1.36 bits per heavy atom. The first-order chi connectivity index (χ1) is 28.4. The van der Waals surface area contributed by atoms with Crippen molar-refractivity contribution >= 4 is 41.5 Å². The molecule has 0 heterocycles. The lowest BCUT2D eigenvalue weighted by Gasteiger charge is -2.14. The molecule has 0 aromatic heterocycles. The molecule has 19 heteroatoms. The first kappa shape index (κ1) is 55.1. The van der Waals surface area contributed by atoms with E-state index in [0.29, 0.717) is 38.6 Å². The van der Waals surface area contributed by atoms with E-state index in [2.05, 4.69) is 21.3 Å². The highest BCUT2D eigenvalue weighted by Crippen LogP contribution is 2.13. The summed E-state index contributed by atoms with van der Waals surface area (Å²) in [5.41, 5.74) is 5.42. The molecule has 0 saturated heterocycles. The number of amides is 4. The van der Waals surface area contributed by atoms with Gasteiger partial charge < -0.3 is 61.3 Å². The highest BCUT2D eigenvalue weighted by atomic mass is 16.5. The van der Waals surface area contributed by atoms with E-state index in [1.165, 1.54) is 19.3 Å². The van der Waals surface area contributed by atoms with Crippen LogP contribution >= 0.6 is 0 Å². The molecule has 19 nitrogen and oxygen atoms in total. The molecule has 4 amide bonds. The maximum absolute atomic E-state index is 12.3. The summed E-state index contributed by atoms with van der Waals surface area (Å²) in [5.74, 6) is -4.07. The normalized spacial score (nSPS) is 12.0. The molecule has 0 aliphatic carbocycles. The van der Waals surface area contributed by atoms with Crippen LogP contribution in [0.4, 0.5) is 0 Å². The number of hydrogen-bond acceptors (Lipinski definition) is 12. The smallest absolute Gasteiger partial charge is 0.326 e. The van der Waals surface area contributed by atoms with Gasteiger partial charge in [-0.3, -0.25) is 28.8 Å². The van der Waals surface area contributed by atoms with Crippen LogP contribution in [-0.4, -0.2) is 141 Å². The predicted octanol–water partition coefficient (Wildman–Crippen LogP) is 2.27. The van der Waals surface area contributed by atoms with E-state index in [-0.39, 0.29) is 115 Å². The molecule has 9 N–H and O–H groups in total. The molecule has 0 unspecified atom stereocenters. The van der Waals surface area contributed by atoms with Crippen LogP contribution in [-0.2, 0) is 52.5 Å². The van der Waals surface area contributed by atoms with Gasteiger partial charge >= 0.3 is 17.9 Å². The number of carbonyl (C=O) groups excluding carboxylic acids is 4. The molecule has 2 atom stereocenters. The minimum Gasteiger partial charge on any atom is -0.481 e. The third-order valence-electron chi connectivity index (χ3n) is 9.00. The maximum atomic E-state index is 12.3. The Hall–Kier alpha value is -3.91. The van der Waals surface area contributed by atoms with Crippen molar-refractivity contribution in [2.75, 3.05) is 72.5 Å². The molecule has 0 bridgehead atoms. The van der Waals surface area contributed by atoms with Gasteiger partial charge in [-0.1, -0.05) is 64.2 Å². The van der Waals surface area contributed by atoms with E-state index < -0.39 is 30.0 Å². The highest BCUT2D eigenvalue weighted by molar-refractivity contribution is 5.83. The van der Waals surface area contributed by atoms with Gasteiger partial charge in [0.15, 0.2) is 0 Å². The molecule has 0 aromatic carbocycles. The van der Waals surface area contributed by atoms with Gasteiger partial charge in [0.1, 0.15) is 25.3 Å². The zero-order valence-corrected chi connectivity index (χ0v) is 35.0. The molecule has 0 aliphatic rings. The van der Waals surface area contributed by atoms with E-state index in [0.717, 1.165) is 51.4 Å². The van der Waals surface area contributed by atoms with Gasteiger partial charge in [0.05, 0.1) is 39.6 Å². The number of nitrogens with one attached hydrogen (secondary N) is 4. The van der Waals surface area contributed by atoms with Gasteiger partial charge in [0, 0.05) is 38.9 Å². The number of aliphatic carboxylic acids is 3. The topological polar surface area (TPSA) is 291 Å². The Morgan fingerprint density at radius 1 is 0.424 bits per heavy atom. The second-order valence-corrected chi connectivity index (χ2v) is 14.3. The van der Waals surface area contributed by atoms with E-state index in [4.69, 9.17) is 34.9 Å². The minimum atomic E-state index is -1.13. The lowest BCUT2D eigenvalue weighted by Crippen LogP contribution is -2.40. The van der Waals surface area contributed by atoms with Gasteiger partial charge in [-0.25, -0.2) is 4.79 Å². The molecule has 0 fully saturated rings. The van der Waals surface area contributed by atoms with Gasteiger partial charge in [0.2, 0.25) is 23.6 Å². The Kier molecular flexibility index (Phi) is 36.9. The fourth-order valence-corrected chi connectivity index (χ4v) is 5.65. The molecule has 0 rings (SSSR count). The minimum absolute atomic E-state index is 0.111. The van der Waals surface area contributed by atoms with Crippen LogP contribution < -0.4 is 27.0 Å². The van der Waals surface area contributed by atoms with Crippen LogP contribution in [0, 0.1) is 0 Å². The van der Waals surface area contributed by atoms with Gasteiger partial charge in [-0.2, -0.15) is 0 Å². The van der Waals surface area contributed by atoms with E-state index in [1.54, 1.807) is 0 Å². The number of ether oxygens (including phenoxy) is 4. The summed E-state index contributed by atoms with van der Waals surface area (Å²) in [6, 6.07) is -1.94. The van der Waals surface area contributed by atoms with Crippen LogP contribution in [0.3, 0.4) is 0 Å². The molecule has 0 spiro atoms. The number of hydrogen-bond donors (Lipinski definition) is 8. The molecule has 0 saturated carbocycles.